The van der Waals surface area contributed by atoms with Crippen LogP contribution in [-0.4, -0.2) is 40.2 Å². The molecule has 0 saturated heterocycles. The van der Waals surface area contributed by atoms with Crippen LogP contribution in [0, 0.1) is 13.8 Å². The molecule has 0 N–H and O–H groups in total. The fourth-order valence-electron chi connectivity index (χ4n) is 4.49. The number of benzene rings is 2. The molecular weight excluding hydrogens is 428 g/mol. The largest absolute Gasteiger partial charge is 0.330 e. The van der Waals surface area contributed by atoms with E-state index in [2.05, 4.69) is 42.6 Å². The van der Waals surface area contributed by atoms with Gasteiger partial charge in [0, 0.05) is 22.5 Å². The Morgan fingerprint density at radius 1 is 1.03 bits per heavy atom. The lowest BCUT2D eigenvalue weighted by Gasteiger charge is -2.40. The van der Waals surface area contributed by atoms with Gasteiger partial charge in [0.1, 0.15) is 6.54 Å². The molecule has 4 rings (SSSR count). The van der Waals surface area contributed by atoms with E-state index in [9.17, 15) is 9.59 Å². The molecule has 1 aliphatic heterocycles. The zero-order valence-electron chi connectivity index (χ0n) is 20.1. The number of thiophene rings is 1. The van der Waals surface area contributed by atoms with Crippen LogP contribution < -0.4 is 0 Å². The molecule has 1 atom stereocenters. The highest BCUT2D eigenvalue weighted by molar-refractivity contribution is 7.10. The number of aryl methyl sites for hydroxylation is 2. The number of fused-ring (bicyclic) bond motifs is 1. The van der Waals surface area contributed by atoms with Crippen LogP contribution in [0.2, 0.25) is 0 Å². The van der Waals surface area contributed by atoms with Crippen molar-refractivity contribution < 1.29 is 9.59 Å². The van der Waals surface area contributed by atoms with Gasteiger partial charge in [0.15, 0.2) is 0 Å². The minimum atomic E-state index is -0.488. The molecule has 0 spiro atoms. The normalized spacial score (nSPS) is 15.8. The van der Waals surface area contributed by atoms with Crippen LogP contribution in [0.1, 0.15) is 64.3 Å². The molecule has 1 aromatic heterocycles. The van der Waals surface area contributed by atoms with Gasteiger partial charge in [-0.2, -0.15) is 0 Å². The summed E-state index contributed by atoms with van der Waals surface area (Å²) in [6.07, 6.45) is 0.850. The van der Waals surface area contributed by atoms with E-state index in [0.717, 1.165) is 17.5 Å². The Hall–Kier alpha value is -2.92. The highest BCUT2D eigenvalue weighted by Crippen LogP contribution is 2.38. The van der Waals surface area contributed by atoms with Crippen molar-refractivity contribution in [3.8, 4) is 0 Å². The molecule has 2 heterocycles. The fourth-order valence-corrected chi connectivity index (χ4v) is 5.40. The van der Waals surface area contributed by atoms with Gasteiger partial charge in [0.25, 0.3) is 5.91 Å². The summed E-state index contributed by atoms with van der Waals surface area (Å²) in [5.74, 6) is -0.122. The van der Waals surface area contributed by atoms with Crippen LogP contribution in [0.25, 0.3) is 0 Å². The number of hydrogen-bond acceptors (Lipinski definition) is 3. The van der Waals surface area contributed by atoms with Crippen LogP contribution >= 0.6 is 11.3 Å². The van der Waals surface area contributed by atoms with E-state index in [0.29, 0.717) is 12.1 Å². The summed E-state index contributed by atoms with van der Waals surface area (Å²) in [7, 11) is 0. The van der Waals surface area contributed by atoms with Crippen molar-refractivity contribution in [1.82, 2.24) is 9.80 Å². The van der Waals surface area contributed by atoms with Gasteiger partial charge < -0.3 is 9.80 Å². The first kappa shape index (κ1) is 23.2. The molecule has 1 aliphatic rings. The van der Waals surface area contributed by atoms with E-state index in [4.69, 9.17) is 0 Å². The molecule has 1 unspecified atom stereocenters. The maximum atomic E-state index is 13.8. The van der Waals surface area contributed by atoms with Gasteiger partial charge >= 0.3 is 0 Å². The average Bonchev–Trinajstić information content (AvgIpc) is 3.25. The zero-order valence-corrected chi connectivity index (χ0v) is 20.9. The van der Waals surface area contributed by atoms with E-state index < -0.39 is 5.54 Å². The predicted octanol–water partition coefficient (Wildman–Crippen LogP) is 5.78. The van der Waals surface area contributed by atoms with Gasteiger partial charge in [-0.3, -0.25) is 9.59 Å². The second kappa shape index (κ2) is 9.14. The average molecular weight is 461 g/mol. The van der Waals surface area contributed by atoms with Crippen molar-refractivity contribution in [2.45, 2.75) is 52.6 Å². The minimum Gasteiger partial charge on any atom is -0.330 e. The maximum Gasteiger partial charge on any atom is 0.255 e. The van der Waals surface area contributed by atoms with E-state index >= 15 is 0 Å². The summed E-state index contributed by atoms with van der Waals surface area (Å²) in [5.41, 5.74) is 4.59. The lowest BCUT2D eigenvalue weighted by Crippen LogP contribution is -2.52. The molecule has 0 saturated carbocycles. The van der Waals surface area contributed by atoms with Crippen LogP contribution in [0.5, 0.6) is 0 Å². The third-order valence-electron chi connectivity index (χ3n) is 6.40. The Morgan fingerprint density at radius 2 is 1.73 bits per heavy atom. The summed E-state index contributed by atoms with van der Waals surface area (Å²) in [4.78, 5) is 32.3. The first-order chi connectivity index (χ1) is 15.7. The van der Waals surface area contributed by atoms with Gasteiger partial charge in [-0.25, -0.2) is 0 Å². The third kappa shape index (κ3) is 4.74. The number of nitrogens with zero attached hydrogens (tertiary/aromatic N) is 2. The molecule has 2 aromatic carbocycles. The number of amides is 2. The smallest absolute Gasteiger partial charge is 0.255 e. The topological polar surface area (TPSA) is 40.6 Å². The maximum absolute atomic E-state index is 13.8. The minimum absolute atomic E-state index is 0.0192. The number of carbonyl (C=O) groups excluding carboxylic acids is 2. The van der Waals surface area contributed by atoms with Crippen LogP contribution in [0.15, 0.2) is 60.0 Å². The lowest BCUT2D eigenvalue weighted by molar-refractivity contribution is -0.135. The number of hydrogen-bond donors (Lipinski definition) is 0. The van der Waals surface area contributed by atoms with Gasteiger partial charge in [-0.1, -0.05) is 48.0 Å². The molecule has 5 heteroatoms. The third-order valence-corrected chi connectivity index (χ3v) is 7.40. The Kier molecular flexibility index (Phi) is 6.44. The van der Waals surface area contributed by atoms with Gasteiger partial charge in [0.05, 0.1) is 6.04 Å². The summed E-state index contributed by atoms with van der Waals surface area (Å²) in [5, 5.41) is 2.11. The monoisotopic (exact) mass is 460 g/mol. The van der Waals surface area contributed by atoms with E-state index in [1.54, 1.807) is 16.2 Å². The summed E-state index contributed by atoms with van der Waals surface area (Å²) in [6, 6.07) is 18.0. The molecule has 172 valence electrons. The highest BCUT2D eigenvalue weighted by atomic mass is 32.1. The van der Waals surface area contributed by atoms with Crippen molar-refractivity contribution in [3.05, 3.63) is 92.7 Å². The van der Waals surface area contributed by atoms with Crippen molar-refractivity contribution >= 4 is 23.2 Å². The molecule has 33 heavy (non-hydrogen) atoms. The molecule has 0 bridgehead atoms. The Labute approximate surface area is 200 Å². The number of carbonyl (C=O) groups is 2. The molecular formula is C28H32N2O2S. The van der Waals surface area contributed by atoms with Crippen molar-refractivity contribution in [2.24, 2.45) is 0 Å². The SMILES string of the molecule is Cc1ccc(C2c3ccsc3CCN2C(=O)CN(C(=O)c2ccccc2C)C(C)(C)C)cc1. The Bertz CT molecular complexity index is 1160. The van der Waals surface area contributed by atoms with Crippen LogP contribution in [-0.2, 0) is 11.2 Å². The van der Waals surface area contributed by atoms with Crippen LogP contribution in [0.4, 0.5) is 0 Å². The molecule has 3 aromatic rings. The van der Waals surface area contributed by atoms with E-state index in [-0.39, 0.29) is 24.4 Å². The van der Waals surface area contributed by atoms with Crippen molar-refractivity contribution in [3.63, 3.8) is 0 Å². The predicted molar refractivity (Wildman–Crippen MR) is 135 cm³/mol. The van der Waals surface area contributed by atoms with Gasteiger partial charge in [-0.15, -0.1) is 11.3 Å². The first-order valence-corrected chi connectivity index (χ1v) is 12.3. The summed E-state index contributed by atoms with van der Waals surface area (Å²) in [6.45, 7) is 10.7. The molecule has 0 radical (unpaired) electrons. The van der Waals surface area contributed by atoms with Crippen molar-refractivity contribution in [1.29, 1.82) is 0 Å². The standard InChI is InChI=1S/C28H32N2O2S/c1-19-10-12-21(13-11-19)26-23-15-17-33-24(23)14-16-29(26)25(31)18-30(28(3,4)5)27(32)22-9-7-6-8-20(22)2/h6-13,15,17,26H,14,16,18H2,1-5H3. The second-order valence-electron chi connectivity index (χ2n) is 9.83. The Morgan fingerprint density at radius 3 is 2.39 bits per heavy atom. The molecule has 0 aliphatic carbocycles. The highest BCUT2D eigenvalue weighted by Gasteiger charge is 2.36. The second-order valence-corrected chi connectivity index (χ2v) is 10.8. The first-order valence-electron chi connectivity index (χ1n) is 11.5. The molecule has 4 nitrogen and oxygen atoms in total. The molecule has 2 amide bonds. The van der Waals surface area contributed by atoms with Crippen LogP contribution in [0.3, 0.4) is 0 Å². The molecule has 0 fully saturated rings. The lowest BCUT2D eigenvalue weighted by atomic mass is 9.92. The van der Waals surface area contributed by atoms with E-state index in [1.807, 2.05) is 56.9 Å². The fraction of sp³-hybridized carbons (Fsp3) is 0.357. The Balaban J connectivity index is 1.66. The number of rotatable bonds is 4. The zero-order chi connectivity index (χ0) is 23.8. The summed E-state index contributed by atoms with van der Waals surface area (Å²) < 4.78 is 0. The van der Waals surface area contributed by atoms with E-state index in [1.165, 1.54) is 16.0 Å². The van der Waals surface area contributed by atoms with Gasteiger partial charge in [0.2, 0.25) is 5.91 Å². The van der Waals surface area contributed by atoms with Gasteiger partial charge in [-0.05, 0) is 75.2 Å². The van der Waals surface area contributed by atoms with Crippen molar-refractivity contribution in [2.75, 3.05) is 13.1 Å². The summed E-state index contributed by atoms with van der Waals surface area (Å²) >= 11 is 1.76. The quantitative estimate of drug-likeness (QED) is 0.495.